The van der Waals surface area contributed by atoms with Crippen LogP contribution in [0.25, 0.3) is 0 Å². The van der Waals surface area contributed by atoms with Gasteiger partial charge in [-0.05, 0) is 89.9 Å². The molecule has 0 saturated carbocycles. The number of Topliss-reactive ketones (excluding diaryl/α,β-unsaturated/α-hetero) is 2. The van der Waals surface area contributed by atoms with Gasteiger partial charge >= 0.3 is 71.1 Å². The van der Waals surface area contributed by atoms with Crippen LogP contribution in [0.15, 0.2) is 24.3 Å². The Morgan fingerprint density at radius 2 is 0.583 bits per heavy atom. The molecule has 0 aromatic carbocycles. The Morgan fingerprint density at radius 1 is 0.308 bits per heavy atom. The Balaban J connectivity index is -0.00000168. The number of ether oxygens (including phenoxy) is 4. The van der Waals surface area contributed by atoms with E-state index in [0.717, 1.165) is 154 Å². The normalized spacial score (nSPS) is 12.8. The fraction of sp³-hybridized carbons (Fsp3) is 0.870. The van der Waals surface area contributed by atoms with Crippen molar-refractivity contribution in [2.45, 2.75) is 458 Å². The Labute approximate surface area is 780 Å². The summed E-state index contributed by atoms with van der Waals surface area (Å²) in [6.07, 6.45) is 53.3. The second-order valence-electron chi connectivity index (χ2n) is 29.9. The number of amides is 4. The number of carbonyl (C=O) groups excluding carboxylic acids is 8. The largest absolute Gasteiger partial charge is 1.00 e. The van der Waals surface area contributed by atoms with E-state index in [1.165, 1.54) is 89.9 Å². The van der Waals surface area contributed by atoms with Crippen molar-refractivity contribution in [2.75, 3.05) is 65.9 Å². The van der Waals surface area contributed by atoms with Gasteiger partial charge in [-0.2, -0.15) is 0 Å². The van der Waals surface area contributed by atoms with Crippen LogP contribution >= 0.6 is 15.6 Å². The first kappa shape index (κ1) is 138. The van der Waals surface area contributed by atoms with Gasteiger partial charge in [0.15, 0.2) is 0 Å². The number of unbranched alkanes of at least 4 members (excludes halogenated alkanes) is 34. The summed E-state index contributed by atoms with van der Waals surface area (Å²) < 4.78 is 70.2. The summed E-state index contributed by atoms with van der Waals surface area (Å²) >= 11 is 0. The van der Waals surface area contributed by atoms with Crippen LogP contribution in [-0.2, 0) is 84.5 Å². The monoisotopic (exact) mass is 1770 g/mol. The third-order valence-corrected chi connectivity index (χ3v) is 21.0. The zero-order valence-corrected chi connectivity index (χ0v) is 78.0. The predicted octanol–water partition coefficient (Wildman–Crippen LogP) is 16.6. The van der Waals surface area contributed by atoms with E-state index in [0.29, 0.717) is 51.4 Å². The summed E-state index contributed by atoms with van der Waals surface area (Å²) in [7, 11) is -10.2. The first-order chi connectivity index (χ1) is 53.7. The Hall–Kier alpha value is -2.22. The van der Waals surface area contributed by atoms with Gasteiger partial charge in [0, 0.05) is 51.6 Å². The molecule has 0 heterocycles. The van der Waals surface area contributed by atoms with Gasteiger partial charge in [0.1, 0.15) is 30.2 Å². The Morgan fingerprint density at radius 3 is 0.892 bits per heavy atom. The van der Waals surface area contributed by atoms with Crippen LogP contribution in [0.3, 0.4) is 0 Å². The molecule has 0 fully saturated rings. The zero-order chi connectivity index (χ0) is 81.8. The van der Waals surface area contributed by atoms with Crippen LogP contribution in [0.5, 0.6) is 0 Å². The quantitative estimate of drug-likeness (QED) is 0.0110. The van der Waals surface area contributed by atoms with Gasteiger partial charge in [-0.3, -0.25) is 47.5 Å². The third kappa shape index (κ3) is 96.4. The number of rotatable bonds is 84. The average molecular weight is 1770 g/mol. The van der Waals surface area contributed by atoms with Crippen molar-refractivity contribution in [1.82, 2.24) is 21.3 Å². The van der Waals surface area contributed by atoms with E-state index >= 15 is 0 Å². The van der Waals surface area contributed by atoms with Gasteiger partial charge in [0.2, 0.25) is 23.6 Å². The molecular weight excluding hydrogens is 1590 g/mol. The van der Waals surface area contributed by atoms with Crippen LogP contribution < -0.4 is 90.2 Å². The number of carbonyl (C=O) groups is 8. The topological polar surface area (TPSA) is 339 Å². The first-order valence-corrected chi connectivity index (χ1v) is 46.8. The molecule has 0 aliphatic carbocycles. The molecule has 24 nitrogen and oxygen atoms in total. The van der Waals surface area contributed by atoms with Crippen molar-refractivity contribution in [1.29, 1.82) is 0 Å². The number of phosphoric ester groups is 2. The van der Waals surface area contributed by atoms with E-state index in [4.69, 9.17) is 37.0 Å². The molecule has 4 amide bonds. The molecule has 704 valence electrons. The number of nitrogens with one attached hydrogen (secondary N) is 4. The molecular formula is C92H184N4Na2O20P2. The zero-order valence-electron chi connectivity index (χ0n) is 72.2. The molecule has 0 spiro atoms. The van der Waals surface area contributed by atoms with Crippen LogP contribution in [0.4, 0.5) is 0 Å². The first-order valence-electron chi connectivity index (χ1n) is 43.9. The molecule has 0 radical (unpaired) electrons. The molecule has 0 aromatic heterocycles. The van der Waals surface area contributed by atoms with Crippen LogP contribution in [0, 0.1) is 0 Å². The molecule has 4 unspecified atom stereocenters. The van der Waals surface area contributed by atoms with E-state index in [1.54, 1.807) is 0 Å². The SMILES string of the molecule is C.C.C.C.C.C.C.CCCCCC/C=C\CCCC(=O)O[C@H](CCCCCCC)CCOCC(COP(=O)([O-])OCCNC(=O)CC(=O)NCCOP(=O)([O-])OCC(COCC[C@@H](CCCCCCC)OC(=O)CCC/C=C\CCCCCC)NC(=O)CC(=O)CCCCCCCCCCC)NC(=O)CC(=O)CCCCCCCCCCC.[Na+].[Na+]. The number of phosphoric acid groups is 2. The van der Waals surface area contributed by atoms with Gasteiger partial charge in [0.05, 0.1) is 77.8 Å². The minimum absolute atomic E-state index is 0. The van der Waals surface area contributed by atoms with Gasteiger partial charge in [-0.25, -0.2) is 0 Å². The van der Waals surface area contributed by atoms with Crippen LogP contribution in [-0.4, -0.2) is 137 Å². The fourth-order valence-corrected chi connectivity index (χ4v) is 14.0. The average Bonchev–Trinajstić information content (AvgIpc) is 0.891. The number of allylic oxidation sites excluding steroid dienone is 4. The Kier molecular flexibility index (Phi) is 116. The predicted molar refractivity (Wildman–Crippen MR) is 484 cm³/mol. The smallest absolute Gasteiger partial charge is 0.756 e. The molecule has 6 atom stereocenters. The van der Waals surface area contributed by atoms with E-state index in [9.17, 15) is 57.3 Å². The summed E-state index contributed by atoms with van der Waals surface area (Å²) in [5.41, 5.74) is 0. The number of hydrogen-bond acceptors (Lipinski definition) is 20. The second kappa shape index (κ2) is 101. The summed E-state index contributed by atoms with van der Waals surface area (Å²) in [5, 5.41) is 10.1. The maximum absolute atomic E-state index is 13.2. The van der Waals surface area contributed by atoms with Crippen molar-refractivity contribution in [3.05, 3.63) is 24.3 Å². The summed E-state index contributed by atoms with van der Waals surface area (Å²) in [6, 6.07) is -2.09. The molecule has 120 heavy (non-hydrogen) atoms. The number of ketones is 2. The molecule has 28 heteroatoms. The molecule has 0 rings (SSSR count). The molecule has 0 bridgehead atoms. The minimum Gasteiger partial charge on any atom is -0.756 e. The van der Waals surface area contributed by atoms with E-state index in [1.807, 2.05) is 0 Å². The van der Waals surface area contributed by atoms with Crippen molar-refractivity contribution in [3.63, 3.8) is 0 Å². The maximum Gasteiger partial charge on any atom is 1.00 e. The van der Waals surface area contributed by atoms with Crippen molar-refractivity contribution in [3.8, 4) is 0 Å². The molecule has 4 N–H and O–H groups in total. The van der Waals surface area contributed by atoms with Crippen molar-refractivity contribution in [2.24, 2.45) is 0 Å². The van der Waals surface area contributed by atoms with E-state index < -0.39 is 109 Å². The number of esters is 2. The fourth-order valence-electron chi connectivity index (χ4n) is 12.4. The van der Waals surface area contributed by atoms with Crippen molar-refractivity contribution < 1.29 is 153 Å². The summed E-state index contributed by atoms with van der Waals surface area (Å²) in [6.45, 7) is 9.63. The number of hydrogen-bond donors (Lipinski definition) is 4. The van der Waals surface area contributed by atoms with E-state index in [2.05, 4.69) is 87.1 Å². The standard InChI is InChI=1S/C85H158N4O20P2.7CH4.2Na/c1-7-13-19-25-29-33-37-43-47-53-76(90)67-82(94)88-74(70-102-63-59-78(55-49-41-23-17-11-5)108-84(96)57-51-45-39-35-31-27-21-15-9-3)72-106-110(98,99)104-65-61-86-80(92)69-81(93)87-62-66-105-111(100,101)107-73-75(89-83(95)68-77(91)54-48-44-38-34-30-26-20-14-8-2)71-103-64-60-79(56-50-42-24-18-12-6)109-85(97)58-52-46-40-36-32-28-22-16-10-4;;;;;;;;;/h35-36,39-40,74-75,78-79H,7-34,37-38,41-73H2,1-6H3,(H,86,92)(H,87,93)(H,88,94)(H,89,95)(H,98,99)(H,100,101);7*1H4;;/q;;;;;;;;2*+1/p-2/b39-35-,40-36-;;;;;;;;;/t74?,75?,78-,79-;;;;;;;;;/m1........./s1. The van der Waals surface area contributed by atoms with Gasteiger partial charge < -0.3 is 68.1 Å². The summed E-state index contributed by atoms with van der Waals surface area (Å²) in [4.78, 5) is 130. The maximum atomic E-state index is 13.2. The van der Waals surface area contributed by atoms with Crippen molar-refractivity contribution >= 4 is 62.8 Å². The van der Waals surface area contributed by atoms with Crippen LogP contribution in [0.1, 0.15) is 434 Å². The molecule has 0 aromatic rings. The van der Waals surface area contributed by atoms with Gasteiger partial charge in [-0.1, -0.05) is 310 Å². The second-order valence-corrected chi connectivity index (χ2v) is 32.8. The Bertz CT molecular complexity index is 2350. The third-order valence-electron chi connectivity index (χ3n) is 19.0. The molecule has 0 saturated heterocycles. The van der Waals surface area contributed by atoms with Crippen LogP contribution in [0.2, 0.25) is 0 Å². The van der Waals surface area contributed by atoms with Gasteiger partial charge in [0.25, 0.3) is 15.6 Å². The minimum atomic E-state index is -5.08. The summed E-state index contributed by atoms with van der Waals surface area (Å²) in [5.74, 6) is -3.98. The van der Waals surface area contributed by atoms with Gasteiger partial charge in [-0.15, -0.1) is 0 Å². The molecule has 0 aliphatic rings. The molecule has 0 aliphatic heterocycles. The van der Waals surface area contributed by atoms with E-state index in [-0.39, 0.29) is 200 Å².